The van der Waals surface area contributed by atoms with E-state index in [0.29, 0.717) is 11.3 Å². The number of primary amides is 1. The number of hydrogen-bond acceptors (Lipinski definition) is 4. The lowest BCUT2D eigenvalue weighted by atomic mass is 10.1. The summed E-state index contributed by atoms with van der Waals surface area (Å²) in [5.74, 6) is -0.856. The third kappa shape index (κ3) is 2.96. The third-order valence-electron chi connectivity index (χ3n) is 2.53. The number of hydrogen-bond donors (Lipinski definition) is 2. The van der Waals surface area contributed by atoms with E-state index in [-0.39, 0.29) is 5.97 Å². The molecule has 5 heteroatoms. The zero-order valence-corrected chi connectivity index (χ0v) is 10.1. The van der Waals surface area contributed by atoms with Gasteiger partial charge in [0.15, 0.2) is 0 Å². The van der Waals surface area contributed by atoms with Gasteiger partial charge in [0.2, 0.25) is 5.91 Å². The Bertz CT molecular complexity index is 443. The fourth-order valence-corrected chi connectivity index (χ4v) is 1.53. The molecule has 1 aromatic carbocycles. The van der Waals surface area contributed by atoms with Crippen LogP contribution in [0.1, 0.15) is 22.8 Å². The number of carbonyl (C=O) groups is 2. The number of nitrogens with two attached hydrogens (primary N) is 1. The average Bonchev–Trinajstić information content (AvgIpc) is 2.30. The van der Waals surface area contributed by atoms with E-state index in [1.165, 1.54) is 7.11 Å². The second kappa shape index (κ2) is 5.34. The lowest BCUT2D eigenvalue weighted by Crippen LogP contribution is -2.27. The van der Waals surface area contributed by atoms with Crippen molar-refractivity contribution in [2.45, 2.75) is 19.9 Å². The zero-order valence-electron chi connectivity index (χ0n) is 10.1. The number of benzene rings is 1. The smallest absolute Gasteiger partial charge is 0.327 e. The van der Waals surface area contributed by atoms with Gasteiger partial charge >= 0.3 is 5.97 Å². The van der Waals surface area contributed by atoms with E-state index >= 15 is 0 Å². The van der Waals surface area contributed by atoms with E-state index in [4.69, 9.17) is 5.73 Å². The molecular formula is C12H16N2O3. The molecule has 0 aliphatic carbocycles. The summed E-state index contributed by atoms with van der Waals surface area (Å²) in [6.07, 6.45) is 0. The van der Waals surface area contributed by atoms with Crippen molar-refractivity contribution in [2.75, 3.05) is 12.4 Å². The van der Waals surface area contributed by atoms with E-state index in [1.54, 1.807) is 32.0 Å². The molecule has 0 saturated heterocycles. The Labute approximate surface area is 99.9 Å². The van der Waals surface area contributed by atoms with Gasteiger partial charge in [-0.25, -0.2) is 4.79 Å². The first kappa shape index (κ1) is 13.0. The van der Waals surface area contributed by atoms with E-state index in [0.717, 1.165) is 5.56 Å². The number of methoxy groups -OCH3 is 1. The number of amides is 1. The molecule has 17 heavy (non-hydrogen) atoms. The molecule has 1 atom stereocenters. The third-order valence-corrected chi connectivity index (χ3v) is 2.53. The number of anilines is 1. The molecule has 0 aliphatic heterocycles. The van der Waals surface area contributed by atoms with Gasteiger partial charge in [-0.15, -0.1) is 0 Å². The normalized spacial score (nSPS) is 11.7. The van der Waals surface area contributed by atoms with Crippen LogP contribution in [0.2, 0.25) is 0 Å². The minimum atomic E-state index is -0.489. The largest absolute Gasteiger partial charge is 0.467 e. The van der Waals surface area contributed by atoms with Crippen molar-refractivity contribution in [1.82, 2.24) is 0 Å². The number of esters is 1. The van der Waals surface area contributed by atoms with Crippen molar-refractivity contribution in [3.63, 3.8) is 0 Å². The van der Waals surface area contributed by atoms with E-state index in [9.17, 15) is 9.59 Å². The van der Waals surface area contributed by atoms with Crippen LogP contribution >= 0.6 is 0 Å². The van der Waals surface area contributed by atoms with Crippen LogP contribution in [0.3, 0.4) is 0 Å². The van der Waals surface area contributed by atoms with Gasteiger partial charge in [-0.2, -0.15) is 0 Å². The van der Waals surface area contributed by atoms with Gasteiger partial charge in [-0.1, -0.05) is 6.07 Å². The first-order valence-corrected chi connectivity index (χ1v) is 5.21. The second-order valence-electron chi connectivity index (χ2n) is 3.73. The van der Waals surface area contributed by atoms with Gasteiger partial charge in [-0.3, -0.25) is 4.79 Å². The first-order valence-electron chi connectivity index (χ1n) is 5.21. The fraction of sp³-hybridized carbons (Fsp3) is 0.333. The quantitative estimate of drug-likeness (QED) is 0.766. The Morgan fingerprint density at radius 3 is 2.59 bits per heavy atom. The van der Waals surface area contributed by atoms with Crippen molar-refractivity contribution < 1.29 is 14.3 Å². The van der Waals surface area contributed by atoms with Gasteiger partial charge in [0.25, 0.3) is 0 Å². The van der Waals surface area contributed by atoms with Crippen LogP contribution in [0.15, 0.2) is 18.2 Å². The molecule has 0 spiro atoms. The van der Waals surface area contributed by atoms with Gasteiger partial charge in [0.1, 0.15) is 6.04 Å². The maximum absolute atomic E-state index is 11.3. The molecule has 3 N–H and O–H groups in total. The number of carbonyl (C=O) groups excluding carboxylic acids is 2. The summed E-state index contributed by atoms with van der Waals surface area (Å²) in [7, 11) is 1.33. The molecule has 0 bridgehead atoms. The van der Waals surface area contributed by atoms with Crippen molar-refractivity contribution in [3.05, 3.63) is 29.3 Å². The molecular weight excluding hydrogens is 220 g/mol. The Kier molecular flexibility index (Phi) is 4.09. The van der Waals surface area contributed by atoms with Crippen LogP contribution in [0, 0.1) is 6.92 Å². The summed E-state index contributed by atoms with van der Waals surface area (Å²) in [6, 6.07) is 4.65. The van der Waals surface area contributed by atoms with Gasteiger partial charge in [-0.05, 0) is 31.5 Å². The highest BCUT2D eigenvalue weighted by Crippen LogP contribution is 2.19. The summed E-state index contributed by atoms with van der Waals surface area (Å²) in [5.41, 5.74) is 7.09. The van der Waals surface area contributed by atoms with Crippen LogP contribution in [0.4, 0.5) is 5.69 Å². The highest BCUT2D eigenvalue weighted by molar-refractivity contribution is 5.96. The maximum Gasteiger partial charge on any atom is 0.327 e. The van der Waals surface area contributed by atoms with Crippen molar-refractivity contribution in [1.29, 1.82) is 0 Å². The molecule has 92 valence electrons. The van der Waals surface area contributed by atoms with Crippen molar-refractivity contribution in [2.24, 2.45) is 5.73 Å². The highest BCUT2D eigenvalue weighted by Gasteiger charge is 2.15. The van der Waals surface area contributed by atoms with Crippen molar-refractivity contribution in [3.8, 4) is 0 Å². The Balaban J connectivity index is 2.96. The molecule has 0 aromatic heterocycles. The SMILES string of the molecule is COC(=O)C(C)Nc1cccc(C(N)=O)c1C. The second-order valence-corrected chi connectivity index (χ2v) is 3.73. The minimum Gasteiger partial charge on any atom is -0.467 e. The molecule has 1 rings (SSSR count). The average molecular weight is 236 g/mol. The molecule has 0 saturated carbocycles. The van der Waals surface area contributed by atoms with E-state index in [2.05, 4.69) is 10.1 Å². The first-order chi connectivity index (χ1) is 7.97. The topological polar surface area (TPSA) is 81.4 Å². The van der Waals surface area contributed by atoms with E-state index < -0.39 is 11.9 Å². The summed E-state index contributed by atoms with van der Waals surface area (Å²) in [4.78, 5) is 22.4. The number of rotatable bonds is 4. The van der Waals surface area contributed by atoms with Crippen LogP contribution in [0.5, 0.6) is 0 Å². The predicted molar refractivity (Wildman–Crippen MR) is 64.8 cm³/mol. The van der Waals surface area contributed by atoms with Gasteiger partial charge < -0.3 is 15.8 Å². The molecule has 1 unspecified atom stereocenters. The molecule has 0 aliphatic rings. The molecule has 0 radical (unpaired) electrons. The van der Waals surface area contributed by atoms with Crippen molar-refractivity contribution >= 4 is 17.6 Å². The van der Waals surface area contributed by atoms with Gasteiger partial charge in [0, 0.05) is 11.3 Å². The van der Waals surface area contributed by atoms with Crippen LogP contribution in [0.25, 0.3) is 0 Å². The van der Waals surface area contributed by atoms with Crippen LogP contribution in [-0.2, 0) is 9.53 Å². The zero-order chi connectivity index (χ0) is 13.0. The number of nitrogens with one attached hydrogen (secondary N) is 1. The molecule has 5 nitrogen and oxygen atoms in total. The minimum absolute atomic E-state index is 0.367. The predicted octanol–water partition coefficient (Wildman–Crippen LogP) is 1.07. The maximum atomic E-state index is 11.3. The lowest BCUT2D eigenvalue weighted by Gasteiger charge is -2.16. The standard InChI is InChI=1S/C12H16N2O3/c1-7-9(11(13)15)5-4-6-10(7)14-8(2)12(16)17-3/h4-6,8,14H,1-3H3,(H2,13,15). The van der Waals surface area contributed by atoms with E-state index in [1.807, 2.05) is 0 Å². The molecule has 1 aromatic rings. The molecule has 0 fully saturated rings. The lowest BCUT2D eigenvalue weighted by molar-refractivity contribution is -0.141. The van der Waals surface area contributed by atoms with Crippen LogP contribution < -0.4 is 11.1 Å². The molecule has 1 amide bonds. The summed E-state index contributed by atoms with van der Waals surface area (Å²) in [6.45, 7) is 3.45. The Morgan fingerprint density at radius 1 is 1.41 bits per heavy atom. The van der Waals surface area contributed by atoms with Crippen LogP contribution in [-0.4, -0.2) is 25.0 Å². The highest BCUT2D eigenvalue weighted by atomic mass is 16.5. The summed E-state index contributed by atoms with van der Waals surface area (Å²) in [5, 5.41) is 2.97. The van der Waals surface area contributed by atoms with Gasteiger partial charge in [0.05, 0.1) is 7.11 Å². The fourth-order valence-electron chi connectivity index (χ4n) is 1.53. The summed E-state index contributed by atoms with van der Waals surface area (Å²) < 4.78 is 4.61. The summed E-state index contributed by atoms with van der Waals surface area (Å²) >= 11 is 0. The molecule has 0 heterocycles. The monoisotopic (exact) mass is 236 g/mol. The Hall–Kier alpha value is -2.04. The Morgan fingerprint density at radius 2 is 2.06 bits per heavy atom. The number of ether oxygens (including phenoxy) is 1.